The number of nitrogens with zero attached hydrogens (tertiary/aromatic N) is 3. The lowest BCUT2D eigenvalue weighted by molar-refractivity contribution is -0.137. The monoisotopic (exact) mass is 662 g/mol. The second-order valence-corrected chi connectivity index (χ2v) is 16.7. The van der Waals surface area contributed by atoms with Gasteiger partial charge in [0.25, 0.3) is 0 Å². The van der Waals surface area contributed by atoms with Crippen LogP contribution in [0.1, 0.15) is 89.7 Å². The van der Waals surface area contributed by atoms with E-state index in [1.165, 1.54) is 0 Å². The van der Waals surface area contributed by atoms with Gasteiger partial charge in [0, 0.05) is 59.7 Å². The predicted octanol–water partition coefficient (Wildman–Crippen LogP) is 2.94. The fraction of sp³-hybridized carbons (Fsp3) is 0.581. The van der Waals surface area contributed by atoms with Crippen molar-refractivity contribution in [3.8, 4) is 11.5 Å². The minimum absolute atomic E-state index is 0.0262. The highest BCUT2D eigenvalue weighted by Gasteiger charge is 2.42. The minimum atomic E-state index is -4.54. The van der Waals surface area contributed by atoms with Gasteiger partial charge in [-0.05, 0) is 64.2 Å². The van der Waals surface area contributed by atoms with Gasteiger partial charge in [0.05, 0.1) is 32.7 Å². The van der Waals surface area contributed by atoms with Crippen molar-refractivity contribution in [2.24, 2.45) is 4.99 Å². The zero-order valence-corrected chi connectivity index (χ0v) is 27.8. The molecule has 3 aliphatic heterocycles. The van der Waals surface area contributed by atoms with Crippen molar-refractivity contribution in [1.29, 1.82) is 0 Å². The van der Waals surface area contributed by atoms with Gasteiger partial charge >= 0.3 is 5.97 Å². The van der Waals surface area contributed by atoms with Crippen LogP contribution in [0.25, 0.3) is 0 Å². The van der Waals surface area contributed by atoms with E-state index in [1.807, 2.05) is 26.0 Å². The van der Waals surface area contributed by atoms with E-state index in [0.29, 0.717) is 59.4 Å². The molecule has 0 spiro atoms. The number of hydrogen-bond donors (Lipinski definition) is 1. The van der Waals surface area contributed by atoms with Crippen LogP contribution in [-0.2, 0) is 25.0 Å². The zero-order valence-electron chi connectivity index (χ0n) is 26.2. The third-order valence-electron chi connectivity index (χ3n) is 9.20. The van der Waals surface area contributed by atoms with Gasteiger partial charge in [-0.1, -0.05) is 6.92 Å². The lowest BCUT2D eigenvalue weighted by Crippen LogP contribution is -2.54. The third kappa shape index (κ3) is 7.18. The lowest BCUT2D eigenvalue weighted by Gasteiger charge is -2.48. The maximum atomic E-state index is 11.9. The molecule has 12 nitrogen and oxygen atoms in total. The van der Waals surface area contributed by atoms with Gasteiger partial charge < -0.3 is 23.8 Å². The Labute approximate surface area is 263 Å². The molecule has 0 aliphatic carbocycles. The number of rotatable bonds is 10. The smallest absolute Gasteiger partial charge is 0.303 e. The largest absolute Gasteiger partial charge is 0.748 e. The SMILES string of the molecule is CC1CC(C)(C)N(CCCS(=O)(=O)[O-])c2cc3c(cc21)N=c1cc2c(cc1O3)=[N+](CCCC(=O)O)C(C)(C)CC2CS(=O)(=O)[O-]. The molecule has 3 aliphatic rings. The molecule has 0 aromatic heterocycles. The Morgan fingerprint density at radius 2 is 1.73 bits per heavy atom. The van der Waals surface area contributed by atoms with Crippen molar-refractivity contribution >= 4 is 37.6 Å². The summed E-state index contributed by atoms with van der Waals surface area (Å²) in [6.45, 7) is 11.0. The molecule has 2 unspecified atom stereocenters. The van der Waals surface area contributed by atoms with E-state index in [2.05, 4.69) is 30.2 Å². The van der Waals surface area contributed by atoms with E-state index in [-0.39, 0.29) is 24.3 Å². The fourth-order valence-electron chi connectivity index (χ4n) is 7.40. The van der Waals surface area contributed by atoms with Crippen LogP contribution in [0.4, 0.5) is 11.4 Å². The molecule has 3 heterocycles. The Balaban J connectivity index is 1.63. The summed E-state index contributed by atoms with van der Waals surface area (Å²) in [6, 6.07) is 7.45. The molecule has 0 saturated carbocycles. The van der Waals surface area contributed by atoms with Gasteiger partial charge in [-0.25, -0.2) is 26.4 Å². The molecule has 246 valence electrons. The number of carboxylic acid groups (broad SMARTS) is 1. The molecular formula is C31H40N3O9S2-. The van der Waals surface area contributed by atoms with Gasteiger partial charge in [-0.15, -0.1) is 0 Å². The van der Waals surface area contributed by atoms with Crippen molar-refractivity contribution in [3.05, 3.63) is 46.1 Å². The molecule has 14 heteroatoms. The molecule has 2 aromatic rings. The lowest BCUT2D eigenvalue weighted by atomic mass is 9.79. The highest BCUT2D eigenvalue weighted by atomic mass is 32.2. The van der Waals surface area contributed by atoms with E-state index in [9.17, 15) is 35.8 Å². The van der Waals surface area contributed by atoms with E-state index in [0.717, 1.165) is 17.7 Å². The molecule has 0 bridgehead atoms. The van der Waals surface area contributed by atoms with Crippen LogP contribution < -0.4 is 24.9 Å². The summed E-state index contributed by atoms with van der Waals surface area (Å²) in [7, 11) is -8.89. The number of hydrogen-bond acceptors (Lipinski definition) is 10. The van der Waals surface area contributed by atoms with E-state index >= 15 is 0 Å². The summed E-state index contributed by atoms with van der Waals surface area (Å²) in [6.07, 6.45) is 1.72. The Morgan fingerprint density at radius 3 is 2.38 bits per heavy atom. The number of aliphatic carboxylic acids is 1. The van der Waals surface area contributed by atoms with Crippen LogP contribution >= 0.6 is 0 Å². The van der Waals surface area contributed by atoms with Gasteiger partial charge in [-0.3, -0.25) is 4.79 Å². The first-order chi connectivity index (χ1) is 20.7. The van der Waals surface area contributed by atoms with Gasteiger partial charge in [-0.2, -0.15) is 0 Å². The minimum Gasteiger partial charge on any atom is -0.748 e. The van der Waals surface area contributed by atoms with E-state index < -0.39 is 49.2 Å². The first-order valence-corrected chi connectivity index (χ1v) is 18.3. The van der Waals surface area contributed by atoms with Gasteiger partial charge in [0.1, 0.15) is 17.6 Å². The molecule has 0 amide bonds. The van der Waals surface area contributed by atoms with Gasteiger partial charge in [0.15, 0.2) is 17.0 Å². The normalized spacial score (nSPS) is 21.5. The highest BCUT2D eigenvalue weighted by Crippen LogP contribution is 2.49. The molecule has 1 N–H and O–H groups in total. The number of anilines is 1. The maximum Gasteiger partial charge on any atom is 0.303 e. The summed E-state index contributed by atoms with van der Waals surface area (Å²) >= 11 is 0. The summed E-state index contributed by atoms with van der Waals surface area (Å²) in [5.41, 5.74) is 2.28. The fourth-order valence-corrected chi connectivity index (χ4v) is 8.67. The van der Waals surface area contributed by atoms with Crippen molar-refractivity contribution in [3.63, 3.8) is 0 Å². The molecule has 45 heavy (non-hydrogen) atoms. The molecule has 2 aromatic carbocycles. The first-order valence-electron chi connectivity index (χ1n) is 15.1. The van der Waals surface area contributed by atoms with Crippen molar-refractivity contribution < 1.29 is 40.6 Å². The Morgan fingerprint density at radius 1 is 1.02 bits per heavy atom. The quantitative estimate of drug-likeness (QED) is 0.251. The van der Waals surface area contributed by atoms with Crippen molar-refractivity contribution in [2.45, 2.75) is 89.6 Å². The van der Waals surface area contributed by atoms with Crippen LogP contribution in [0.5, 0.6) is 11.5 Å². The molecule has 0 radical (unpaired) electrons. The topological polar surface area (TPSA) is 180 Å². The Kier molecular flexibility index (Phi) is 8.60. The Hall–Kier alpha value is -3.07. The second-order valence-electron chi connectivity index (χ2n) is 13.7. The molecule has 2 atom stereocenters. The molecular weight excluding hydrogens is 622 g/mol. The number of fused-ring (bicyclic) bond motifs is 4. The Bertz CT molecular complexity index is 1890. The van der Waals surface area contributed by atoms with Crippen LogP contribution in [0, 0.1) is 0 Å². The second kappa shape index (κ2) is 11.6. The number of ether oxygens (including phenoxy) is 1. The highest BCUT2D eigenvalue weighted by molar-refractivity contribution is 7.85. The average molecular weight is 663 g/mol. The van der Waals surface area contributed by atoms with Gasteiger partial charge in [0.2, 0.25) is 5.36 Å². The third-order valence-corrected chi connectivity index (χ3v) is 10.8. The van der Waals surface area contributed by atoms with Crippen LogP contribution in [0.15, 0.2) is 29.3 Å². The van der Waals surface area contributed by atoms with Crippen molar-refractivity contribution in [2.75, 3.05) is 29.5 Å². The van der Waals surface area contributed by atoms with E-state index in [4.69, 9.17) is 9.73 Å². The van der Waals surface area contributed by atoms with Crippen LogP contribution in [-0.4, -0.2) is 72.7 Å². The molecule has 5 rings (SSSR count). The van der Waals surface area contributed by atoms with Crippen molar-refractivity contribution in [1.82, 2.24) is 4.58 Å². The van der Waals surface area contributed by atoms with Crippen LogP contribution in [0.2, 0.25) is 0 Å². The average Bonchev–Trinajstić information content (AvgIpc) is 2.87. The molecule has 0 saturated heterocycles. The number of carboxylic acids is 1. The number of carbonyl (C=O) groups is 1. The summed E-state index contributed by atoms with van der Waals surface area (Å²) in [5.74, 6) is -1.40. The number of benzene rings is 2. The summed E-state index contributed by atoms with van der Waals surface area (Å²) in [5, 5.41) is 10.4. The first kappa shape index (κ1) is 33.3. The zero-order chi connectivity index (χ0) is 33.1. The predicted molar refractivity (Wildman–Crippen MR) is 166 cm³/mol. The summed E-state index contributed by atoms with van der Waals surface area (Å²) in [4.78, 5) is 18.3. The standard InChI is InChI=1S/C31H41N3O9S2/c1-19-16-30(2,3)34(10-7-11-44(37,38)39)25-14-27-23(12-21(19)25)32-24-13-22-20(18-45(40,41)42)17-31(4,5)33(9-6-8-29(35)36)26(22)15-28(24)43-27/h12-15,19-20H,6-11,16-18H2,1-5H3,(H2-,35,36,37,38,39,40,41,42)/p-1. The summed E-state index contributed by atoms with van der Waals surface area (Å²) < 4.78 is 78.2. The van der Waals surface area contributed by atoms with Crippen LogP contribution in [0.3, 0.4) is 0 Å². The molecule has 0 fully saturated rings. The maximum absolute atomic E-state index is 11.9. The van der Waals surface area contributed by atoms with E-state index in [1.54, 1.807) is 12.1 Å².